The molecule has 0 bridgehead atoms. The molecule has 102 valence electrons. The summed E-state index contributed by atoms with van der Waals surface area (Å²) in [4.78, 5) is 12.9. The normalized spacial score (nSPS) is 23.1. The fourth-order valence-corrected chi connectivity index (χ4v) is 4.15. The zero-order chi connectivity index (χ0) is 13.2. The van der Waals surface area contributed by atoms with E-state index in [1.165, 1.54) is 6.07 Å². The van der Waals surface area contributed by atoms with E-state index >= 15 is 0 Å². The van der Waals surface area contributed by atoms with Crippen LogP contribution in [0.3, 0.4) is 0 Å². The molecule has 1 aromatic carbocycles. The quantitative estimate of drug-likeness (QED) is 0.895. The SMILES string of the molecule is O=C(N[C@@H]1CCSc2c(F)cccc21)C1CCCC1. The number of hydrogen-bond acceptors (Lipinski definition) is 2. The lowest BCUT2D eigenvalue weighted by atomic mass is 10.0. The van der Waals surface area contributed by atoms with Gasteiger partial charge in [0.15, 0.2) is 0 Å². The average molecular weight is 279 g/mol. The fraction of sp³-hybridized carbons (Fsp3) is 0.533. The van der Waals surface area contributed by atoms with Crippen molar-refractivity contribution in [2.45, 2.75) is 43.0 Å². The van der Waals surface area contributed by atoms with Crippen molar-refractivity contribution >= 4 is 17.7 Å². The Balaban J connectivity index is 1.76. The highest BCUT2D eigenvalue weighted by molar-refractivity contribution is 7.99. The van der Waals surface area contributed by atoms with Crippen LogP contribution in [0.15, 0.2) is 23.1 Å². The highest BCUT2D eigenvalue weighted by Gasteiger charge is 2.28. The number of fused-ring (bicyclic) bond motifs is 1. The van der Waals surface area contributed by atoms with Crippen LogP contribution in [0.25, 0.3) is 0 Å². The van der Waals surface area contributed by atoms with Gasteiger partial charge in [-0.1, -0.05) is 25.0 Å². The van der Waals surface area contributed by atoms with Crippen molar-refractivity contribution in [3.05, 3.63) is 29.6 Å². The second-order valence-corrected chi connectivity index (χ2v) is 6.44. The molecule has 2 nitrogen and oxygen atoms in total. The van der Waals surface area contributed by atoms with Gasteiger partial charge in [-0.25, -0.2) is 4.39 Å². The Morgan fingerprint density at radius 3 is 2.84 bits per heavy atom. The molecule has 2 aliphatic rings. The standard InChI is InChI=1S/C15H18FNOS/c16-12-7-3-6-11-13(8-9-19-14(11)12)17-15(18)10-4-1-2-5-10/h3,6-7,10,13H,1-2,4-5,8-9H2,(H,17,18)/t13-/m1/s1. The molecule has 4 heteroatoms. The Kier molecular flexibility index (Phi) is 3.78. The summed E-state index contributed by atoms with van der Waals surface area (Å²) in [5, 5.41) is 3.13. The molecule has 1 aliphatic carbocycles. The van der Waals surface area contributed by atoms with E-state index in [2.05, 4.69) is 5.32 Å². The molecule has 0 saturated heterocycles. The predicted molar refractivity (Wildman–Crippen MR) is 74.6 cm³/mol. The van der Waals surface area contributed by atoms with Crippen molar-refractivity contribution in [1.29, 1.82) is 0 Å². The lowest BCUT2D eigenvalue weighted by molar-refractivity contribution is -0.125. The van der Waals surface area contributed by atoms with Gasteiger partial charge in [-0.3, -0.25) is 4.79 Å². The molecule has 0 spiro atoms. The van der Waals surface area contributed by atoms with Crippen LogP contribution < -0.4 is 5.32 Å². The van der Waals surface area contributed by atoms with Crippen molar-refractivity contribution in [1.82, 2.24) is 5.32 Å². The largest absolute Gasteiger partial charge is 0.349 e. The molecule has 1 fully saturated rings. The molecule has 1 aromatic rings. The van der Waals surface area contributed by atoms with Crippen LogP contribution in [0, 0.1) is 11.7 Å². The second kappa shape index (κ2) is 5.53. The summed E-state index contributed by atoms with van der Waals surface area (Å²) < 4.78 is 13.7. The van der Waals surface area contributed by atoms with Crippen LogP contribution in [-0.4, -0.2) is 11.7 Å². The van der Waals surface area contributed by atoms with E-state index in [1.807, 2.05) is 6.07 Å². The first-order chi connectivity index (χ1) is 9.25. The minimum Gasteiger partial charge on any atom is -0.349 e. The molecule has 0 aromatic heterocycles. The predicted octanol–water partition coefficient (Wildman–Crippen LogP) is 3.67. The zero-order valence-corrected chi connectivity index (χ0v) is 11.6. The van der Waals surface area contributed by atoms with Crippen LogP contribution in [0.1, 0.15) is 43.7 Å². The van der Waals surface area contributed by atoms with Gasteiger partial charge in [0.2, 0.25) is 5.91 Å². The van der Waals surface area contributed by atoms with Gasteiger partial charge in [0.25, 0.3) is 0 Å². The van der Waals surface area contributed by atoms with Crippen molar-refractivity contribution in [2.75, 3.05) is 5.75 Å². The Labute approximate surface area is 117 Å². The van der Waals surface area contributed by atoms with E-state index in [0.29, 0.717) is 4.90 Å². The molecule has 1 amide bonds. The molecule has 19 heavy (non-hydrogen) atoms. The van der Waals surface area contributed by atoms with E-state index in [1.54, 1.807) is 17.8 Å². The maximum absolute atomic E-state index is 13.7. The maximum Gasteiger partial charge on any atom is 0.223 e. The molecule has 0 radical (unpaired) electrons. The molecule has 1 aliphatic heterocycles. The minimum atomic E-state index is -0.165. The van der Waals surface area contributed by atoms with E-state index < -0.39 is 0 Å². The molecule has 1 heterocycles. The summed E-state index contributed by atoms with van der Waals surface area (Å²) in [6.07, 6.45) is 5.21. The zero-order valence-electron chi connectivity index (χ0n) is 10.8. The van der Waals surface area contributed by atoms with Gasteiger partial charge in [0, 0.05) is 16.6 Å². The number of thioether (sulfide) groups is 1. The van der Waals surface area contributed by atoms with Crippen molar-refractivity contribution in [3.8, 4) is 0 Å². The summed E-state index contributed by atoms with van der Waals surface area (Å²) >= 11 is 1.55. The summed E-state index contributed by atoms with van der Waals surface area (Å²) in [5.41, 5.74) is 0.947. The van der Waals surface area contributed by atoms with Gasteiger partial charge in [-0.15, -0.1) is 11.8 Å². The van der Waals surface area contributed by atoms with Gasteiger partial charge in [0.05, 0.1) is 6.04 Å². The lowest BCUT2D eigenvalue weighted by Crippen LogP contribution is -2.34. The van der Waals surface area contributed by atoms with E-state index in [0.717, 1.165) is 43.4 Å². The Bertz CT molecular complexity index is 485. The average Bonchev–Trinajstić information content (AvgIpc) is 2.94. The summed E-state index contributed by atoms with van der Waals surface area (Å²) in [6, 6.07) is 5.14. The topological polar surface area (TPSA) is 29.1 Å². The molecule has 1 atom stereocenters. The Morgan fingerprint density at radius 1 is 1.26 bits per heavy atom. The Morgan fingerprint density at radius 2 is 2.05 bits per heavy atom. The minimum absolute atomic E-state index is 0.0138. The number of rotatable bonds is 2. The third-order valence-electron chi connectivity index (χ3n) is 4.07. The molecular weight excluding hydrogens is 261 g/mol. The Hall–Kier alpha value is -1.03. The van der Waals surface area contributed by atoms with Crippen LogP contribution in [0.5, 0.6) is 0 Å². The number of amides is 1. The molecule has 1 saturated carbocycles. The van der Waals surface area contributed by atoms with Gasteiger partial charge >= 0.3 is 0 Å². The number of carbonyl (C=O) groups excluding carboxylic acids is 1. The monoisotopic (exact) mass is 279 g/mol. The first kappa shape index (κ1) is 13.0. The molecular formula is C15H18FNOS. The summed E-state index contributed by atoms with van der Waals surface area (Å²) in [7, 11) is 0. The third-order valence-corrected chi connectivity index (χ3v) is 5.23. The fourth-order valence-electron chi connectivity index (χ4n) is 3.01. The van der Waals surface area contributed by atoms with Crippen LogP contribution >= 0.6 is 11.8 Å². The van der Waals surface area contributed by atoms with Crippen molar-refractivity contribution < 1.29 is 9.18 Å². The molecule has 3 rings (SSSR count). The highest BCUT2D eigenvalue weighted by atomic mass is 32.2. The maximum atomic E-state index is 13.7. The second-order valence-electron chi connectivity index (χ2n) is 5.34. The number of nitrogens with one attached hydrogen (secondary N) is 1. The molecule has 1 N–H and O–H groups in total. The first-order valence-electron chi connectivity index (χ1n) is 6.97. The van der Waals surface area contributed by atoms with E-state index in [-0.39, 0.29) is 23.7 Å². The third kappa shape index (κ3) is 2.64. The molecule has 0 unspecified atom stereocenters. The number of benzene rings is 1. The van der Waals surface area contributed by atoms with Crippen molar-refractivity contribution in [3.63, 3.8) is 0 Å². The van der Waals surface area contributed by atoms with Gasteiger partial charge in [0.1, 0.15) is 5.82 Å². The number of hydrogen-bond donors (Lipinski definition) is 1. The summed E-state index contributed by atoms with van der Waals surface area (Å²) in [5.74, 6) is 1.03. The number of halogens is 1. The van der Waals surface area contributed by atoms with Crippen LogP contribution in [0.4, 0.5) is 4.39 Å². The van der Waals surface area contributed by atoms with Crippen molar-refractivity contribution in [2.24, 2.45) is 5.92 Å². The smallest absolute Gasteiger partial charge is 0.223 e. The lowest BCUT2D eigenvalue weighted by Gasteiger charge is -2.27. The van der Waals surface area contributed by atoms with Crippen LogP contribution in [-0.2, 0) is 4.79 Å². The van der Waals surface area contributed by atoms with Crippen LogP contribution in [0.2, 0.25) is 0 Å². The number of carbonyl (C=O) groups is 1. The summed E-state index contributed by atoms with van der Waals surface area (Å²) in [6.45, 7) is 0. The highest BCUT2D eigenvalue weighted by Crippen LogP contribution is 2.38. The van der Waals surface area contributed by atoms with E-state index in [9.17, 15) is 9.18 Å². The van der Waals surface area contributed by atoms with Gasteiger partial charge in [-0.05, 0) is 30.9 Å². The van der Waals surface area contributed by atoms with E-state index in [4.69, 9.17) is 0 Å². The van der Waals surface area contributed by atoms with Gasteiger partial charge in [-0.2, -0.15) is 0 Å². The van der Waals surface area contributed by atoms with Gasteiger partial charge < -0.3 is 5.32 Å². The first-order valence-corrected chi connectivity index (χ1v) is 7.96.